The second-order valence-electron chi connectivity index (χ2n) is 8.88. The van der Waals surface area contributed by atoms with E-state index in [-0.39, 0.29) is 18.0 Å². The predicted molar refractivity (Wildman–Crippen MR) is 121 cm³/mol. The number of aliphatic hydroxyl groups excluding tert-OH is 1. The first-order valence-corrected chi connectivity index (χ1v) is 11.5. The Kier molecular flexibility index (Phi) is 7.53. The first-order valence-electron chi connectivity index (χ1n) is 11.5. The van der Waals surface area contributed by atoms with Crippen LogP contribution < -0.4 is 10.6 Å². The molecule has 1 aromatic heterocycles. The zero-order valence-corrected chi connectivity index (χ0v) is 18.4. The molecule has 4 rings (SSSR count). The van der Waals surface area contributed by atoms with Gasteiger partial charge in [0.2, 0.25) is 5.91 Å². The van der Waals surface area contributed by atoms with Gasteiger partial charge >= 0.3 is 0 Å². The van der Waals surface area contributed by atoms with Crippen molar-refractivity contribution in [3.63, 3.8) is 0 Å². The maximum Gasteiger partial charge on any atom is 0.221 e. The van der Waals surface area contributed by atoms with E-state index in [0.29, 0.717) is 18.5 Å². The number of nitriles is 1. The van der Waals surface area contributed by atoms with Crippen LogP contribution in [0.15, 0.2) is 36.8 Å². The zero-order valence-electron chi connectivity index (χ0n) is 18.4. The Balaban J connectivity index is 1.36. The Morgan fingerprint density at radius 1 is 1.25 bits per heavy atom. The number of benzene rings is 1. The van der Waals surface area contributed by atoms with E-state index in [1.54, 1.807) is 0 Å². The number of nitrogens with one attached hydrogen (secondary N) is 2. The van der Waals surface area contributed by atoms with Gasteiger partial charge in [-0.15, -0.1) is 0 Å². The molecule has 0 bridgehead atoms. The summed E-state index contributed by atoms with van der Waals surface area (Å²) in [5.74, 6) is 0.0146. The van der Waals surface area contributed by atoms with Crippen LogP contribution in [-0.4, -0.2) is 63.3 Å². The molecule has 1 saturated heterocycles. The van der Waals surface area contributed by atoms with E-state index in [0.717, 1.165) is 63.1 Å². The molecule has 3 N–H and O–H groups in total. The van der Waals surface area contributed by atoms with E-state index in [4.69, 9.17) is 5.26 Å². The molecule has 2 aromatic rings. The van der Waals surface area contributed by atoms with Gasteiger partial charge in [0.05, 0.1) is 35.8 Å². The number of amides is 1. The number of imidazole rings is 1. The molecule has 1 aliphatic heterocycles. The van der Waals surface area contributed by atoms with Crippen LogP contribution in [0, 0.1) is 11.3 Å². The lowest BCUT2D eigenvalue weighted by atomic mass is 9.92. The average Bonchev–Trinajstić information content (AvgIpc) is 3.23. The van der Waals surface area contributed by atoms with Crippen LogP contribution in [0.1, 0.15) is 48.9 Å². The Labute approximate surface area is 189 Å². The number of nitrogens with zero attached hydrogens (tertiary/aromatic N) is 4. The van der Waals surface area contributed by atoms with Gasteiger partial charge in [-0.1, -0.05) is 25.0 Å². The lowest BCUT2D eigenvalue weighted by Crippen LogP contribution is -2.53. The number of aliphatic hydroxyl groups is 1. The SMILES string of the molecule is N#Cc1ccc(Cn2cncc2CN2CCNCC2CC(=O)NC2CCCCC2O)cc1. The highest BCUT2D eigenvalue weighted by molar-refractivity contribution is 5.77. The number of aromatic nitrogens is 2. The summed E-state index contributed by atoms with van der Waals surface area (Å²) >= 11 is 0. The molecule has 32 heavy (non-hydrogen) atoms. The van der Waals surface area contributed by atoms with Gasteiger partial charge in [-0.2, -0.15) is 5.26 Å². The summed E-state index contributed by atoms with van der Waals surface area (Å²) in [5.41, 5.74) is 2.87. The van der Waals surface area contributed by atoms with Crippen LogP contribution >= 0.6 is 0 Å². The average molecular weight is 437 g/mol. The Morgan fingerprint density at radius 3 is 2.84 bits per heavy atom. The van der Waals surface area contributed by atoms with Gasteiger partial charge in [0, 0.05) is 51.4 Å². The van der Waals surface area contributed by atoms with Crippen LogP contribution in [-0.2, 0) is 17.9 Å². The fourth-order valence-electron chi connectivity index (χ4n) is 4.68. The molecule has 2 aliphatic rings. The molecular weight excluding hydrogens is 404 g/mol. The van der Waals surface area contributed by atoms with E-state index < -0.39 is 6.10 Å². The maximum absolute atomic E-state index is 12.7. The molecular formula is C24H32N6O2. The minimum Gasteiger partial charge on any atom is -0.391 e. The number of carbonyl (C=O) groups is 1. The number of carbonyl (C=O) groups excluding carboxylic acids is 1. The van der Waals surface area contributed by atoms with Gasteiger partial charge in [-0.3, -0.25) is 9.69 Å². The third-order valence-electron chi connectivity index (χ3n) is 6.57. The first kappa shape index (κ1) is 22.5. The summed E-state index contributed by atoms with van der Waals surface area (Å²) < 4.78 is 2.12. The minimum atomic E-state index is -0.426. The molecule has 1 saturated carbocycles. The fraction of sp³-hybridized carbons (Fsp3) is 0.542. The Morgan fingerprint density at radius 2 is 2.06 bits per heavy atom. The number of hydrogen-bond donors (Lipinski definition) is 3. The lowest BCUT2D eigenvalue weighted by Gasteiger charge is -2.36. The van der Waals surface area contributed by atoms with E-state index in [9.17, 15) is 9.90 Å². The largest absolute Gasteiger partial charge is 0.391 e. The molecule has 170 valence electrons. The monoisotopic (exact) mass is 436 g/mol. The van der Waals surface area contributed by atoms with Gasteiger partial charge in [0.1, 0.15) is 0 Å². The summed E-state index contributed by atoms with van der Waals surface area (Å²) in [6.07, 6.45) is 7.43. The van der Waals surface area contributed by atoms with Gasteiger partial charge in [0.15, 0.2) is 0 Å². The highest BCUT2D eigenvalue weighted by Crippen LogP contribution is 2.19. The fourth-order valence-corrected chi connectivity index (χ4v) is 4.68. The van der Waals surface area contributed by atoms with Crippen LogP contribution in [0.25, 0.3) is 0 Å². The van der Waals surface area contributed by atoms with E-state index in [1.165, 1.54) is 0 Å². The highest BCUT2D eigenvalue weighted by atomic mass is 16.3. The molecule has 0 spiro atoms. The van der Waals surface area contributed by atoms with E-state index in [1.807, 2.05) is 36.8 Å². The third kappa shape index (κ3) is 5.74. The molecule has 3 unspecified atom stereocenters. The van der Waals surface area contributed by atoms with Crippen LogP contribution in [0.4, 0.5) is 0 Å². The molecule has 2 heterocycles. The van der Waals surface area contributed by atoms with Gasteiger partial charge < -0.3 is 20.3 Å². The summed E-state index contributed by atoms with van der Waals surface area (Å²) in [6, 6.07) is 9.74. The molecule has 2 fully saturated rings. The van der Waals surface area contributed by atoms with Crippen molar-refractivity contribution < 1.29 is 9.90 Å². The van der Waals surface area contributed by atoms with Crippen molar-refractivity contribution in [1.82, 2.24) is 25.1 Å². The van der Waals surface area contributed by atoms with Gasteiger partial charge in [-0.05, 0) is 30.5 Å². The second kappa shape index (κ2) is 10.7. The van der Waals surface area contributed by atoms with Crippen molar-refractivity contribution in [2.24, 2.45) is 0 Å². The number of piperazine rings is 1. The van der Waals surface area contributed by atoms with Gasteiger partial charge in [0.25, 0.3) is 0 Å². The Bertz CT molecular complexity index is 935. The maximum atomic E-state index is 12.7. The molecule has 0 radical (unpaired) electrons. The molecule has 8 heteroatoms. The van der Waals surface area contributed by atoms with Crippen molar-refractivity contribution in [2.75, 3.05) is 19.6 Å². The van der Waals surface area contributed by atoms with E-state index >= 15 is 0 Å². The summed E-state index contributed by atoms with van der Waals surface area (Å²) in [6.45, 7) is 3.94. The van der Waals surface area contributed by atoms with Crippen molar-refractivity contribution >= 4 is 5.91 Å². The number of rotatable bonds is 7. The van der Waals surface area contributed by atoms with Crippen molar-refractivity contribution in [3.8, 4) is 6.07 Å². The summed E-state index contributed by atoms with van der Waals surface area (Å²) in [4.78, 5) is 19.4. The number of hydrogen-bond acceptors (Lipinski definition) is 6. The van der Waals surface area contributed by atoms with Crippen LogP contribution in [0.2, 0.25) is 0 Å². The highest BCUT2D eigenvalue weighted by Gasteiger charge is 2.29. The predicted octanol–water partition coefficient (Wildman–Crippen LogP) is 1.39. The first-order chi connectivity index (χ1) is 15.6. The standard InChI is InChI=1S/C24H32N6O2/c25-12-18-5-7-19(8-6-18)15-30-17-27-14-21(30)16-29-10-9-26-13-20(29)11-24(32)28-22-3-1-2-4-23(22)31/h5-8,14,17,20,22-23,26,31H,1-4,9-11,13,15-16H2,(H,28,32). The second-order valence-corrected chi connectivity index (χ2v) is 8.88. The summed E-state index contributed by atoms with van der Waals surface area (Å²) in [7, 11) is 0. The van der Waals surface area contributed by atoms with Gasteiger partial charge in [-0.25, -0.2) is 4.98 Å². The molecule has 8 nitrogen and oxygen atoms in total. The normalized spacial score (nSPS) is 24.1. The zero-order chi connectivity index (χ0) is 22.3. The summed E-state index contributed by atoms with van der Waals surface area (Å²) in [5, 5.41) is 25.6. The quantitative estimate of drug-likeness (QED) is 0.606. The Hall–Kier alpha value is -2.73. The van der Waals surface area contributed by atoms with Crippen molar-refractivity contribution in [3.05, 3.63) is 53.6 Å². The van der Waals surface area contributed by atoms with E-state index in [2.05, 4.69) is 31.2 Å². The molecule has 3 atom stereocenters. The topological polar surface area (TPSA) is 106 Å². The molecule has 1 aromatic carbocycles. The molecule has 1 amide bonds. The smallest absolute Gasteiger partial charge is 0.221 e. The van der Waals surface area contributed by atoms with Crippen molar-refractivity contribution in [1.29, 1.82) is 5.26 Å². The molecule has 1 aliphatic carbocycles. The van der Waals surface area contributed by atoms with Crippen LogP contribution in [0.3, 0.4) is 0 Å². The third-order valence-corrected chi connectivity index (χ3v) is 6.57. The minimum absolute atomic E-state index is 0.0146. The van der Waals surface area contributed by atoms with Crippen molar-refractivity contribution in [2.45, 2.75) is 63.4 Å². The van der Waals surface area contributed by atoms with Crippen LogP contribution in [0.5, 0.6) is 0 Å². The lowest BCUT2D eigenvalue weighted by molar-refractivity contribution is -0.124.